The van der Waals surface area contributed by atoms with Crippen molar-refractivity contribution >= 4 is 0 Å². The highest BCUT2D eigenvalue weighted by atomic mass is 16.5. The molecule has 0 aromatic rings. The maximum absolute atomic E-state index is 5.58. The van der Waals surface area contributed by atoms with Crippen LogP contribution in [0, 0.1) is 5.41 Å². The van der Waals surface area contributed by atoms with Gasteiger partial charge in [0.25, 0.3) is 0 Å². The van der Waals surface area contributed by atoms with Gasteiger partial charge in [-0.25, -0.2) is 0 Å². The minimum absolute atomic E-state index is 0.366. The van der Waals surface area contributed by atoms with Gasteiger partial charge in [0.2, 0.25) is 0 Å². The zero-order chi connectivity index (χ0) is 14.8. The fourth-order valence-corrected chi connectivity index (χ4v) is 2.88. The molecule has 0 spiro atoms. The molecule has 0 bridgehead atoms. The quantitative estimate of drug-likeness (QED) is 0.624. The van der Waals surface area contributed by atoms with Crippen molar-refractivity contribution in [2.24, 2.45) is 5.41 Å². The van der Waals surface area contributed by atoms with Crippen LogP contribution in [-0.2, 0) is 9.47 Å². The summed E-state index contributed by atoms with van der Waals surface area (Å²) in [6.45, 7) is 13.8. The Labute approximate surface area is 125 Å². The molecule has 0 aromatic heterocycles. The summed E-state index contributed by atoms with van der Waals surface area (Å²) in [4.78, 5) is 2.56. The van der Waals surface area contributed by atoms with Crippen LogP contribution in [0.1, 0.15) is 40.0 Å². The number of nitrogens with one attached hydrogen (secondary N) is 1. The van der Waals surface area contributed by atoms with E-state index in [4.69, 9.17) is 9.47 Å². The normalized spacial score (nSPS) is 18.9. The van der Waals surface area contributed by atoms with Crippen LogP contribution in [0.2, 0.25) is 0 Å². The van der Waals surface area contributed by atoms with E-state index in [2.05, 4.69) is 31.0 Å². The summed E-state index contributed by atoms with van der Waals surface area (Å²) in [7, 11) is 1.78. The van der Waals surface area contributed by atoms with Gasteiger partial charge in [0, 0.05) is 46.0 Å². The molecule has 120 valence electrons. The number of hydrogen-bond acceptors (Lipinski definition) is 4. The maximum Gasteiger partial charge on any atom is 0.0589 e. The van der Waals surface area contributed by atoms with E-state index in [0.29, 0.717) is 11.5 Å². The fourth-order valence-electron chi connectivity index (χ4n) is 2.88. The second kappa shape index (κ2) is 9.72. The summed E-state index contributed by atoms with van der Waals surface area (Å²) in [5, 5.41) is 3.63. The largest absolute Gasteiger partial charge is 0.383 e. The summed E-state index contributed by atoms with van der Waals surface area (Å²) < 4.78 is 10.8. The van der Waals surface area contributed by atoms with E-state index >= 15 is 0 Å². The fraction of sp³-hybridized carbons (Fsp3) is 1.00. The molecule has 4 nitrogen and oxygen atoms in total. The van der Waals surface area contributed by atoms with Gasteiger partial charge in [0.1, 0.15) is 0 Å². The van der Waals surface area contributed by atoms with Crippen molar-refractivity contribution < 1.29 is 9.47 Å². The molecule has 20 heavy (non-hydrogen) atoms. The number of methoxy groups -OCH3 is 1. The third kappa shape index (κ3) is 6.08. The van der Waals surface area contributed by atoms with Gasteiger partial charge >= 0.3 is 0 Å². The van der Waals surface area contributed by atoms with Crippen LogP contribution in [0.4, 0.5) is 0 Å². The van der Waals surface area contributed by atoms with Crippen LogP contribution in [0.15, 0.2) is 0 Å². The lowest BCUT2D eigenvalue weighted by Crippen LogP contribution is -2.50. The number of ether oxygens (including phenoxy) is 2. The zero-order valence-corrected chi connectivity index (χ0v) is 13.9. The van der Waals surface area contributed by atoms with Crippen LogP contribution in [0.5, 0.6) is 0 Å². The topological polar surface area (TPSA) is 33.7 Å². The third-order valence-electron chi connectivity index (χ3n) is 4.33. The first-order valence-electron chi connectivity index (χ1n) is 8.15. The molecular weight excluding hydrogens is 252 g/mol. The zero-order valence-electron chi connectivity index (χ0n) is 13.9. The second-order valence-electron chi connectivity index (χ2n) is 6.35. The molecule has 1 N–H and O–H groups in total. The number of rotatable bonds is 10. The molecule has 1 rings (SSSR count). The van der Waals surface area contributed by atoms with Crippen molar-refractivity contribution in [2.75, 3.05) is 53.1 Å². The Bertz CT molecular complexity index is 241. The van der Waals surface area contributed by atoms with Crippen LogP contribution in [0.25, 0.3) is 0 Å². The van der Waals surface area contributed by atoms with E-state index in [9.17, 15) is 0 Å². The first-order chi connectivity index (χ1) is 9.63. The number of nitrogens with zero attached hydrogens (tertiary/aromatic N) is 1. The molecule has 1 heterocycles. The summed E-state index contributed by atoms with van der Waals surface area (Å²) in [6, 6.07) is 0.566. The first kappa shape index (κ1) is 17.9. The minimum Gasteiger partial charge on any atom is -0.383 e. The molecule has 1 saturated heterocycles. The molecule has 0 atom stereocenters. The summed E-state index contributed by atoms with van der Waals surface area (Å²) in [6.07, 6.45) is 3.53. The first-order valence-corrected chi connectivity index (χ1v) is 8.15. The van der Waals surface area contributed by atoms with E-state index < -0.39 is 0 Å². The second-order valence-corrected chi connectivity index (χ2v) is 6.35. The van der Waals surface area contributed by atoms with Crippen molar-refractivity contribution in [3.63, 3.8) is 0 Å². The summed E-state index contributed by atoms with van der Waals surface area (Å²) >= 11 is 0. The molecule has 0 aromatic carbocycles. The van der Waals surface area contributed by atoms with E-state index in [-0.39, 0.29) is 0 Å². The molecule has 1 aliphatic heterocycles. The van der Waals surface area contributed by atoms with Crippen molar-refractivity contribution in [3.05, 3.63) is 0 Å². The highest BCUT2D eigenvalue weighted by Crippen LogP contribution is 2.31. The van der Waals surface area contributed by atoms with Gasteiger partial charge in [0.05, 0.1) is 6.61 Å². The maximum atomic E-state index is 5.58. The Morgan fingerprint density at radius 2 is 2.00 bits per heavy atom. The number of hydrogen-bond donors (Lipinski definition) is 1. The molecule has 0 unspecified atom stereocenters. The Hall–Kier alpha value is -0.160. The van der Waals surface area contributed by atoms with Gasteiger partial charge in [-0.15, -0.1) is 0 Å². The molecule has 1 fully saturated rings. The minimum atomic E-state index is 0.366. The predicted octanol–water partition coefficient (Wildman–Crippen LogP) is 2.14. The van der Waals surface area contributed by atoms with Gasteiger partial charge < -0.3 is 14.8 Å². The highest BCUT2D eigenvalue weighted by molar-refractivity contribution is 4.88. The van der Waals surface area contributed by atoms with Gasteiger partial charge in [-0.2, -0.15) is 0 Å². The SMILES string of the molecule is CCCNCC1(CN(CCOC)C(C)C)CCOCC1. The molecule has 0 aliphatic carbocycles. The van der Waals surface area contributed by atoms with Crippen molar-refractivity contribution in [1.82, 2.24) is 10.2 Å². The standard InChI is InChI=1S/C16H34N2O2/c1-5-8-17-13-16(6-10-20-11-7-16)14-18(15(2)3)9-12-19-4/h15,17H,5-14H2,1-4H3. The van der Waals surface area contributed by atoms with Gasteiger partial charge in [-0.05, 0) is 45.1 Å². The van der Waals surface area contributed by atoms with Gasteiger partial charge in [-0.1, -0.05) is 6.92 Å². The molecule has 0 amide bonds. The smallest absolute Gasteiger partial charge is 0.0589 e. The molecule has 0 saturated carbocycles. The van der Waals surface area contributed by atoms with E-state index in [1.165, 1.54) is 19.3 Å². The van der Waals surface area contributed by atoms with Crippen LogP contribution < -0.4 is 5.32 Å². The van der Waals surface area contributed by atoms with E-state index in [0.717, 1.165) is 46.0 Å². The Kier molecular flexibility index (Phi) is 8.69. The van der Waals surface area contributed by atoms with Crippen LogP contribution in [0.3, 0.4) is 0 Å². The molecular formula is C16H34N2O2. The highest BCUT2D eigenvalue weighted by Gasteiger charge is 2.34. The lowest BCUT2D eigenvalue weighted by molar-refractivity contribution is -0.0133. The van der Waals surface area contributed by atoms with Crippen LogP contribution >= 0.6 is 0 Å². The van der Waals surface area contributed by atoms with Crippen molar-refractivity contribution in [1.29, 1.82) is 0 Å². The van der Waals surface area contributed by atoms with Crippen molar-refractivity contribution in [3.8, 4) is 0 Å². The van der Waals surface area contributed by atoms with E-state index in [1.807, 2.05) is 0 Å². The average Bonchev–Trinajstić information content (AvgIpc) is 2.44. The lowest BCUT2D eigenvalue weighted by atomic mass is 9.79. The van der Waals surface area contributed by atoms with Gasteiger partial charge in [0.15, 0.2) is 0 Å². The molecule has 4 heteroatoms. The lowest BCUT2D eigenvalue weighted by Gasteiger charge is -2.42. The summed E-state index contributed by atoms with van der Waals surface area (Å²) in [5.74, 6) is 0. The van der Waals surface area contributed by atoms with Gasteiger partial charge in [-0.3, -0.25) is 4.90 Å². The Morgan fingerprint density at radius 3 is 2.55 bits per heavy atom. The van der Waals surface area contributed by atoms with E-state index in [1.54, 1.807) is 7.11 Å². The predicted molar refractivity (Wildman–Crippen MR) is 84.2 cm³/mol. The van der Waals surface area contributed by atoms with Crippen LogP contribution in [-0.4, -0.2) is 64.1 Å². The molecule has 1 aliphatic rings. The average molecular weight is 286 g/mol. The van der Waals surface area contributed by atoms with Crippen molar-refractivity contribution in [2.45, 2.75) is 46.1 Å². The monoisotopic (exact) mass is 286 g/mol. The summed E-state index contributed by atoms with van der Waals surface area (Å²) in [5.41, 5.74) is 0.366. The Morgan fingerprint density at radius 1 is 1.30 bits per heavy atom. The third-order valence-corrected chi connectivity index (χ3v) is 4.33. The molecule has 0 radical (unpaired) electrons. The Balaban J connectivity index is 2.60.